The Hall–Kier alpha value is -1.19. The fourth-order valence-electron chi connectivity index (χ4n) is 4.61. The fourth-order valence-corrected chi connectivity index (χ4v) is 5.55. The number of likely N-dealkylation sites (tertiary alicyclic amines) is 1. The number of fused-ring (bicyclic) bond motifs is 1. The molecule has 3 unspecified atom stereocenters. The molecule has 140 valence electrons. The van der Waals surface area contributed by atoms with Gasteiger partial charge in [-0.05, 0) is 20.3 Å². The van der Waals surface area contributed by atoms with Crippen molar-refractivity contribution in [1.82, 2.24) is 15.5 Å². The number of nitrogens with zero attached hydrogens (tertiary/aromatic N) is 1. The molecule has 0 aliphatic carbocycles. The predicted molar refractivity (Wildman–Crippen MR) is 91.8 cm³/mol. The van der Waals surface area contributed by atoms with E-state index in [1.165, 1.54) is 11.9 Å². The van der Waals surface area contributed by atoms with Crippen molar-refractivity contribution in [3.05, 3.63) is 0 Å². The number of carbonyl (C=O) groups is 3. The molecule has 25 heavy (non-hydrogen) atoms. The van der Waals surface area contributed by atoms with Crippen molar-refractivity contribution in [3.8, 4) is 0 Å². The molecule has 0 saturated carbocycles. The summed E-state index contributed by atoms with van der Waals surface area (Å²) in [6, 6.07) is -0.943. The van der Waals surface area contributed by atoms with E-state index in [0.717, 1.165) is 0 Å². The van der Waals surface area contributed by atoms with Gasteiger partial charge in [-0.3, -0.25) is 14.4 Å². The third-order valence-electron chi connectivity index (χ3n) is 5.36. The van der Waals surface area contributed by atoms with Crippen molar-refractivity contribution in [3.63, 3.8) is 0 Å². The number of halogens is 1. The average Bonchev–Trinajstić information content (AvgIpc) is 3.11. The van der Waals surface area contributed by atoms with Crippen molar-refractivity contribution in [2.75, 3.05) is 20.2 Å². The minimum absolute atomic E-state index is 0.0364. The molecule has 3 N–H and O–H groups in total. The highest BCUT2D eigenvalue weighted by Crippen LogP contribution is 2.59. The number of nitrogens with one attached hydrogen (secondary N) is 2. The largest absolute Gasteiger partial charge is 0.395 e. The molecule has 3 amide bonds. The number of aliphatic hydroxyl groups excluding tert-OH is 1. The molecule has 6 atom stereocenters. The lowest BCUT2D eigenvalue weighted by Gasteiger charge is -2.34. The molecule has 2 bridgehead atoms. The quantitative estimate of drug-likeness (QED) is 0.497. The first-order valence-corrected chi connectivity index (χ1v) is 9.45. The number of aliphatic hydroxyl groups is 1. The lowest BCUT2D eigenvalue weighted by molar-refractivity contribution is -0.142. The smallest absolute Gasteiger partial charge is 0.246 e. The third-order valence-corrected chi connectivity index (χ3v) is 6.20. The Kier molecular flexibility index (Phi) is 4.85. The van der Waals surface area contributed by atoms with Crippen molar-refractivity contribution < 1.29 is 24.2 Å². The van der Waals surface area contributed by atoms with Gasteiger partial charge in [0.1, 0.15) is 11.6 Å². The van der Waals surface area contributed by atoms with Gasteiger partial charge in [0.05, 0.1) is 24.5 Å². The van der Waals surface area contributed by atoms with E-state index >= 15 is 0 Å². The Balaban J connectivity index is 2.04. The van der Waals surface area contributed by atoms with Crippen LogP contribution in [0.3, 0.4) is 0 Å². The van der Waals surface area contributed by atoms with Crippen LogP contribution in [0.15, 0.2) is 0 Å². The van der Waals surface area contributed by atoms with E-state index < -0.39 is 29.6 Å². The minimum Gasteiger partial charge on any atom is -0.395 e. The Morgan fingerprint density at radius 3 is 2.68 bits per heavy atom. The molecule has 3 fully saturated rings. The summed E-state index contributed by atoms with van der Waals surface area (Å²) in [7, 11) is 1.53. The van der Waals surface area contributed by atoms with Crippen LogP contribution in [0.1, 0.15) is 20.3 Å². The van der Waals surface area contributed by atoms with Gasteiger partial charge in [0.15, 0.2) is 0 Å². The molecule has 3 saturated heterocycles. The first kappa shape index (κ1) is 18.6. The van der Waals surface area contributed by atoms with Gasteiger partial charge in [-0.25, -0.2) is 0 Å². The normalized spacial score (nSPS) is 39.0. The summed E-state index contributed by atoms with van der Waals surface area (Å²) < 4.78 is 6.18. The van der Waals surface area contributed by atoms with Gasteiger partial charge in [-0.15, -0.1) is 0 Å². The highest BCUT2D eigenvalue weighted by molar-refractivity contribution is 9.09. The molecular formula is C16H24BrN3O5. The zero-order valence-electron chi connectivity index (χ0n) is 14.5. The van der Waals surface area contributed by atoms with E-state index in [2.05, 4.69) is 26.6 Å². The first-order chi connectivity index (χ1) is 11.8. The summed E-state index contributed by atoms with van der Waals surface area (Å²) in [5, 5.41) is 14.8. The molecule has 3 heterocycles. The number of hydrogen-bond acceptors (Lipinski definition) is 5. The van der Waals surface area contributed by atoms with Gasteiger partial charge in [0.25, 0.3) is 0 Å². The molecule has 0 aromatic rings. The van der Waals surface area contributed by atoms with Crippen LogP contribution < -0.4 is 10.6 Å². The standard InChI is InChI=1S/C16H24BrN3O5/c1-7(2)19-14(23)12-16-6-8(17)11(25-16)9(13(22)18-3)10(16)15(24)20(12)4-5-21/h7-12,21H,4-6H2,1-3H3,(H,18,22)(H,19,23)/t8?,9-,10-,11-,12?,16?/m0/s1. The van der Waals surface area contributed by atoms with Crippen LogP contribution >= 0.6 is 15.9 Å². The summed E-state index contributed by atoms with van der Waals surface area (Å²) in [4.78, 5) is 39.6. The average molecular weight is 418 g/mol. The molecule has 3 rings (SSSR count). The zero-order chi connectivity index (χ0) is 18.5. The van der Waals surface area contributed by atoms with E-state index in [1.807, 2.05) is 13.8 Å². The van der Waals surface area contributed by atoms with Crippen LogP contribution in [-0.2, 0) is 19.1 Å². The summed E-state index contributed by atoms with van der Waals surface area (Å²) in [5.74, 6) is -2.22. The van der Waals surface area contributed by atoms with Crippen LogP contribution in [0.25, 0.3) is 0 Å². The lowest BCUT2D eigenvalue weighted by atomic mass is 9.70. The molecular weight excluding hydrogens is 394 g/mol. The highest BCUT2D eigenvalue weighted by atomic mass is 79.9. The number of carbonyl (C=O) groups excluding carboxylic acids is 3. The van der Waals surface area contributed by atoms with E-state index in [1.54, 1.807) is 0 Å². The summed E-state index contributed by atoms with van der Waals surface area (Å²) in [6.07, 6.45) is 0.0270. The molecule has 3 aliphatic rings. The molecule has 0 aromatic carbocycles. The van der Waals surface area contributed by atoms with Crippen molar-refractivity contribution >= 4 is 33.7 Å². The van der Waals surface area contributed by atoms with E-state index in [0.29, 0.717) is 6.42 Å². The van der Waals surface area contributed by atoms with Crippen LogP contribution in [0.2, 0.25) is 0 Å². The SMILES string of the molecule is CNC(=O)[C@H]1[C@H]2C(=O)N(CCO)C(C(=O)NC(C)C)C23CC(Br)[C@@H]1O3. The molecule has 1 spiro atoms. The Morgan fingerprint density at radius 2 is 2.12 bits per heavy atom. The molecule has 0 radical (unpaired) electrons. The van der Waals surface area contributed by atoms with Gasteiger partial charge in [0, 0.05) is 24.5 Å². The third kappa shape index (κ3) is 2.59. The maximum absolute atomic E-state index is 13.1. The second kappa shape index (κ2) is 6.51. The molecule has 0 aromatic heterocycles. The van der Waals surface area contributed by atoms with E-state index in [-0.39, 0.29) is 41.7 Å². The van der Waals surface area contributed by atoms with Gasteiger partial charge in [0.2, 0.25) is 17.7 Å². The van der Waals surface area contributed by atoms with Gasteiger partial charge in [-0.1, -0.05) is 15.9 Å². The van der Waals surface area contributed by atoms with Crippen LogP contribution in [0.4, 0.5) is 0 Å². The maximum Gasteiger partial charge on any atom is 0.246 e. The van der Waals surface area contributed by atoms with Crippen LogP contribution in [0, 0.1) is 11.8 Å². The second-order valence-electron chi connectivity index (χ2n) is 7.20. The lowest BCUT2D eigenvalue weighted by Crippen LogP contribution is -2.57. The number of alkyl halides is 1. The zero-order valence-corrected chi connectivity index (χ0v) is 16.1. The highest BCUT2D eigenvalue weighted by Gasteiger charge is 2.76. The minimum atomic E-state index is -1.04. The summed E-state index contributed by atoms with van der Waals surface area (Å²) >= 11 is 3.55. The second-order valence-corrected chi connectivity index (χ2v) is 8.37. The summed E-state index contributed by atoms with van der Waals surface area (Å²) in [6.45, 7) is 3.46. The fraction of sp³-hybridized carbons (Fsp3) is 0.812. The van der Waals surface area contributed by atoms with Crippen molar-refractivity contribution in [2.24, 2.45) is 11.8 Å². The Labute approximate surface area is 154 Å². The number of rotatable bonds is 5. The molecule has 9 heteroatoms. The Morgan fingerprint density at radius 1 is 1.44 bits per heavy atom. The van der Waals surface area contributed by atoms with Crippen LogP contribution in [-0.4, -0.2) is 76.5 Å². The topological polar surface area (TPSA) is 108 Å². The van der Waals surface area contributed by atoms with Gasteiger partial charge < -0.3 is 25.4 Å². The monoisotopic (exact) mass is 417 g/mol. The molecule has 3 aliphatic heterocycles. The summed E-state index contributed by atoms with van der Waals surface area (Å²) in [5.41, 5.74) is -1.04. The predicted octanol–water partition coefficient (Wildman–Crippen LogP) is -1.00. The van der Waals surface area contributed by atoms with E-state index in [4.69, 9.17) is 4.74 Å². The van der Waals surface area contributed by atoms with Crippen LogP contribution in [0.5, 0.6) is 0 Å². The maximum atomic E-state index is 13.1. The number of ether oxygens (including phenoxy) is 1. The Bertz CT molecular complexity index is 600. The first-order valence-electron chi connectivity index (χ1n) is 8.53. The number of amides is 3. The van der Waals surface area contributed by atoms with Gasteiger partial charge in [-0.2, -0.15) is 0 Å². The van der Waals surface area contributed by atoms with E-state index in [9.17, 15) is 19.5 Å². The number of β-amino-alcohol motifs (C(OH)–C–C–N with tert-alkyl or cyclic N) is 1. The number of hydrogen-bond donors (Lipinski definition) is 3. The van der Waals surface area contributed by atoms with Crippen molar-refractivity contribution in [1.29, 1.82) is 0 Å². The van der Waals surface area contributed by atoms with Gasteiger partial charge >= 0.3 is 0 Å². The molecule has 8 nitrogen and oxygen atoms in total. The van der Waals surface area contributed by atoms with Crippen molar-refractivity contribution in [2.45, 2.75) is 48.9 Å².